The van der Waals surface area contributed by atoms with Crippen molar-refractivity contribution in [2.45, 2.75) is 26.9 Å². The lowest BCUT2D eigenvalue weighted by Crippen LogP contribution is -2.01. The zero-order chi connectivity index (χ0) is 8.43. The van der Waals surface area contributed by atoms with Gasteiger partial charge in [-0.25, -0.2) is 0 Å². The Bertz CT molecular complexity index is 258. The second-order valence-corrected chi connectivity index (χ2v) is 2.66. The van der Waals surface area contributed by atoms with Gasteiger partial charge in [0.05, 0.1) is 23.2 Å². The molecule has 0 saturated carbocycles. The average molecular weight is 152 g/mol. The monoisotopic (exact) mass is 152 g/mol. The highest BCUT2D eigenvalue weighted by Gasteiger charge is 2.06. The fourth-order valence-electron chi connectivity index (χ4n) is 1.02. The minimum Gasteiger partial charge on any atom is -0.387 e. The van der Waals surface area contributed by atoms with Crippen LogP contribution in [-0.4, -0.2) is 15.1 Å². The predicted molar refractivity (Wildman–Crippen MR) is 42.1 cm³/mol. The summed E-state index contributed by atoms with van der Waals surface area (Å²) in [6.07, 6.45) is 1.14. The van der Waals surface area contributed by atoms with Crippen molar-refractivity contribution in [1.29, 1.82) is 0 Å². The third-order valence-electron chi connectivity index (χ3n) is 1.50. The Morgan fingerprint density at radius 3 is 2.55 bits per heavy atom. The van der Waals surface area contributed by atoms with Crippen molar-refractivity contribution in [3.8, 4) is 0 Å². The Labute approximate surface area is 66.1 Å². The van der Waals surface area contributed by atoms with Gasteiger partial charge in [-0.2, -0.15) is 0 Å². The van der Waals surface area contributed by atoms with E-state index in [4.69, 9.17) is 0 Å². The Kier molecular flexibility index (Phi) is 2.19. The van der Waals surface area contributed by atoms with Crippen LogP contribution in [0.3, 0.4) is 0 Å². The maximum absolute atomic E-state index is 9.19. The number of aromatic nitrogens is 2. The van der Waals surface area contributed by atoms with Crippen LogP contribution in [0.25, 0.3) is 0 Å². The predicted octanol–water partition coefficient (Wildman–Crippen LogP) is 1.15. The van der Waals surface area contributed by atoms with Gasteiger partial charge in [0.15, 0.2) is 0 Å². The molecule has 0 aliphatic carbocycles. The van der Waals surface area contributed by atoms with Crippen LogP contribution in [0.1, 0.15) is 30.1 Å². The molecule has 1 aromatic rings. The average Bonchev–Trinajstić information content (AvgIpc) is 1.85. The van der Waals surface area contributed by atoms with Gasteiger partial charge in [0.2, 0.25) is 0 Å². The topological polar surface area (TPSA) is 46.0 Å². The minimum absolute atomic E-state index is 0.525. The van der Waals surface area contributed by atoms with E-state index in [1.165, 1.54) is 0 Å². The van der Waals surface area contributed by atoms with Gasteiger partial charge < -0.3 is 5.11 Å². The summed E-state index contributed by atoms with van der Waals surface area (Å²) in [5.41, 5.74) is 2.35. The second-order valence-electron chi connectivity index (χ2n) is 2.66. The maximum atomic E-state index is 9.19. The van der Waals surface area contributed by atoms with Crippen molar-refractivity contribution in [2.24, 2.45) is 0 Å². The summed E-state index contributed by atoms with van der Waals surface area (Å²) in [4.78, 5) is 8.24. The fraction of sp³-hybridized carbons (Fsp3) is 0.500. The van der Waals surface area contributed by atoms with Crippen LogP contribution in [-0.2, 0) is 0 Å². The third-order valence-corrected chi connectivity index (χ3v) is 1.50. The van der Waals surface area contributed by atoms with Crippen LogP contribution < -0.4 is 0 Å². The van der Waals surface area contributed by atoms with Crippen LogP contribution in [0.4, 0.5) is 0 Å². The molecule has 3 heteroatoms. The molecule has 1 N–H and O–H groups in total. The molecule has 0 radical (unpaired) electrons. The molecular weight excluding hydrogens is 140 g/mol. The molecule has 0 fully saturated rings. The van der Waals surface area contributed by atoms with E-state index in [1.54, 1.807) is 13.1 Å². The Balaban J connectivity index is 3.09. The molecule has 1 heterocycles. The summed E-state index contributed by atoms with van der Waals surface area (Å²) in [7, 11) is 0. The SMILES string of the molecule is Cc1cnc(C(C)O)c(C)n1. The number of hydrogen-bond donors (Lipinski definition) is 1. The Morgan fingerprint density at radius 2 is 2.09 bits per heavy atom. The van der Waals surface area contributed by atoms with Crippen molar-refractivity contribution >= 4 is 0 Å². The summed E-state index contributed by atoms with van der Waals surface area (Å²) in [5, 5.41) is 9.19. The van der Waals surface area contributed by atoms with E-state index < -0.39 is 6.10 Å². The second kappa shape index (κ2) is 2.96. The smallest absolute Gasteiger partial charge is 0.0950 e. The normalized spacial score (nSPS) is 13.1. The largest absolute Gasteiger partial charge is 0.387 e. The number of nitrogens with zero attached hydrogens (tertiary/aromatic N) is 2. The molecule has 1 unspecified atom stereocenters. The number of aliphatic hydroxyl groups is 1. The molecule has 0 amide bonds. The lowest BCUT2D eigenvalue weighted by Gasteiger charge is -2.06. The molecule has 60 valence electrons. The van der Waals surface area contributed by atoms with Gasteiger partial charge >= 0.3 is 0 Å². The van der Waals surface area contributed by atoms with Gasteiger partial charge in [0.1, 0.15) is 0 Å². The zero-order valence-corrected chi connectivity index (χ0v) is 7.00. The standard InChI is InChI=1S/C8H12N2O/c1-5-4-9-8(7(3)11)6(2)10-5/h4,7,11H,1-3H3. The molecular formula is C8H12N2O. The summed E-state index contributed by atoms with van der Waals surface area (Å²) >= 11 is 0. The summed E-state index contributed by atoms with van der Waals surface area (Å²) in [6, 6.07) is 0. The number of aliphatic hydroxyl groups excluding tert-OH is 1. The molecule has 0 aliphatic heterocycles. The first-order valence-corrected chi connectivity index (χ1v) is 3.59. The minimum atomic E-state index is -0.525. The van der Waals surface area contributed by atoms with Crippen molar-refractivity contribution < 1.29 is 5.11 Å². The first-order valence-electron chi connectivity index (χ1n) is 3.59. The van der Waals surface area contributed by atoms with Crippen molar-refractivity contribution in [1.82, 2.24) is 9.97 Å². The molecule has 1 aromatic heterocycles. The molecule has 1 rings (SSSR count). The molecule has 0 spiro atoms. The first kappa shape index (κ1) is 8.14. The van der Waals surface area contributed by atoms with Gasteiger partial charge in [-0.1, -0.05) is 0 Å². The first-order chi connectivity index (χ1) is 5.11. The molecule has 1 atom stereocenters. The summed E-state index contributed by atoms with van der Waals surface area (Å²) in [6.45, 7) is 5.42. The van der Waals surface area contributed by atoms with Gasteiger partial charge in [0, 0.05) is 6.20 Å². The van der Waals surface area contributed by atoms with Crippen LogP contribution in [0.2, 0.25) is 0 Å². The molecule has 0 bridgehead atoms. The molecule has 11 heavy (non-hydrogen) atoms. The third kappa shape index (κ3) is 1.74. The highest BCUT2D eigenvalue weighted by Crippen LogP contribution is 2.11. The molecule has 0 aromatic carbocycles. The number of aryl methyl sites for hydroxylation is 2. The van der Waals surface area contributed by atoms with E-state index in [2.05, 4.69) is 9.97 Å². The Hall–Kier alpha value is -0.960. The van der Waals surface area contributed by atoms with E-state index in [0.717, 1.165) is 11.4 Å². The zero-order valence-electron chi connectivity index (χ0n) is 7.00. The van der Waals surface area contributed by atoms with E-state index in [0.29, 0.717) is 5.69 Å². The maximum Gasteiger partial charge on any atom is 0.0950 e. The Morgan fingerprint density at radius 1 is 1.45 bits per heavy atom. The van der Waals surface area contributed by atoms with Crippen LogP contribution in [0, 0.1) is 13.8 Å². The number of rotatable bonds is 1. The highest BCUT2D eigenvalue weighted by atomic mass is 16.3. The lowest BCUT2D eigenvalue weighted by molar-refractivity contribution is 0.193. The van der Waals surface area contributed by atoms with Crippen LogP contribution >= 0.6 is 0 Å². The summed E-state index contributed by atoms with van der Waals surface area (Å²) < 4.78 is 0. The number of hydrogen-bond acceptors (Lipinski definition) is 3. The van der Waals surface area contributed by atoms with E-state index >= 15 is 0 Å². The van der Waals surface area contributed by atoms with Gasteiger partial charge in [0.25, 0.3) is 0 Å². The van der Waals surface area contributed by atoms with Crippen LogP contribution in [0.5, 0.6) is 0 Å². The van der Waals surface area contributed by atoms with Crippen LogP contribution in [0.15, 0.2) is 6.20 Å². The van der Waals surface area contributed by atoms with E-state index in [-0.39, 0.29) is 0 Å². The molecule has 0 saturated heterocycles. The van der Waals surface area contributed by atoms with E-state index in [1.807, 2.05) is 13.8 Å². The molecule has 0 aliphatic rings. The fourth-order valence-corrected chi connectivity index (χ4v) is 1.02. The summed E-state index contributed by atoms with van der Waals surface area (Å²) in [5.74, 6) is 0. The molecule has 3 nitrogen and oxygen atoms in total. The van der Waals surface area contributed by atoms with Crippen molar-refractivity contribution in [3.05, 3.63) is 23.3 Å². The quantitative estimate of drug-likeness (QED) is 0.656. The van der Waals surface area contributed by atoms with Crippen molar-refractivity contribution in [3.63, 3.8) is 0 Å². The lowest BCUT2D eigenvalue weighted by atomic mass is 10.2. The van der Waals surface area contributed by atoms with Gasteiger partial charge in [-0.05, 0) is 20.8 Å². The highest BCUT2D eigenvalue weighted by molar-refractivity contribution is 5.13. The van der Waals surface area contributed by atoms with Gasteiger partial charge in [-0.3, -0.25) is 9.97 Å². The van der Waals surface area contributed by atoms with Crippen molar-refractivity contribution in [2.75, 3.05) is 0 Å². The van der Waals surface area contributed by atoms with E-state index in [9.17, 15) is 5.11 Å². The van der Waals surface area contributed by atoms with Gasteiger partial charge in [-0.15, -0.1) is 0 Å².